The first kappa shape index (κ1) is 11.2. The summed E-state index contributed by atoms with van der Waals surface area (Å²) >= 11 is 0. The lowest BCUT2D eigenvalue weighted by atomic mass is 10.2. The molecule has 0 amide bonds. The van der Waals surface area contributed by atoms with Gasteiger partial charge in [0.25, 0.3) is 0 Å². The Bertz CT molecular complexity index is 269. The van der Waals surface area contributed by atoms with Crippen LogP contribution in [0.5, 0.6) is 0 Å². The van der Waals surface area contributed by atoms with Crippen LogP contribution in [0.1, 0.15) is 18.9 Å². The molecule has 0 spiro atoms. The lowest BCUT2D eigenvalue weighted by Crippen LogP contribution is -2.00. The van der Waals surface area contributed by atoms with Crippen molar-refractivity contribution in [3.63, 3.8) is 0 Å². The summed E-state index contributed by atoms with van der Waals surface area (Å²) in [5.41, 5.74) is 1.16. The number of allylic oxidation sites excluding steroid dienone is 1. The Labute approximate surface area is 87.2 Å². The first-order valence-electron chi connectivity index (χ1n) is 5.18. The van der Waals surface area contributed by atoms with Gasteiger partial charge >= 0.3 is 0 Å². The molecule has 1 atom stereocenters. The number of rotatable bonds is 5. The van der Waals surface area contributed by atoms with Crippen molar-refractivity contribution < 1.29 is 4.11 Å². The molecule has 0 fully saturated rings. The van der Waals surface area contributed by atoms with Gasteiger partial charge in [0.1, 0.15) is 0 Å². The lowest BCUT2D eigenvalue weighted by Gasteiger charge is -1.98. The topological polar surface area (TPSA) is 0 Å². The van der Waals surface area contributed by atoms with E-state index in [0.717, 1.165) is 18.0 Å². The van der Waals surface area contributed by atoms with Gasteiger partial charge in [0.05, 0.1) is 0 Å². The molecule has 1 unspecified atom stereocenters. The summed E-state index contributed by atoms with van der Waals surface area (Å²) in [6.07, 6.45) is 4.96. The number of benzene rings is 1. The van der Waals surface area contributed by atoms with E-state index < -0.39 is 9.13 Å². The maximum absolute atomic E-state index is 13.2. The maximum Gasteiger partial charge on any atom is 0.235 e. The van der Waals surface area contributed by atoms with Crippen LogP contribution in [-0.2, 0) is 0 Å². The minimum absolute atomic E-state index is 0.669. The van der Waals surface area contributed by atoms with Gasteiger partial charge in [-0.25, -0.2) is 0 Å². The zero-order valence-electron chi connectivity index (χ0n) is 8.62. The van der Waals surface area contributed by atoms with Crippen LogP contribution in [0.4, 0.5) is 4.11 Å². The molecule has 76 valence electrons. The Balaban J connectivity index is 2.34. The second-order valence-electron chi connectivity index (χ2n) is 3.43. The largest absolute Gasteiger partial charge is 0.318 e. The van der Waals surface area contributed by atoms with Gasteiger partial charge in [-0.3, -0.25) is 0 Å². The molecule has 0 nitrogen and oxygen atoms in total. The molecule has 0 saturated heterocycles. The zero-order valence-corrected chi connectivity index (χ0v) is 9.77. The summed E-state index contributed by atoms with van der Waals surface area (Å²) in [5, 5.41) is 0. The molecule has 0 aliphatic heterocycles. The Morgan fingerprint density at radius 3 is 2.64 bits per heavy atom. The molecule has 0 aromatic heterocycles. The van der Waals surface area contributed by atoms with Crippen molar-refractivity contribution in [3.05, 3.63) is 42.0 Å². The van der Waals surface area contributed by atoms with Gasteiger partial charge in [0, 0.05) is 0 Å². The van der Waals surface area contributed by atoms with Crippen LogP contribution in [-0.4, -0.2) is 9.13 Å². The average molecular weight is 208 g/mol. The van der Waals surface area contributed by atoms with Crippen LogP contribution < -0.4 is 0 Å². The highest BCUT2D eigenvalue weighted by Crippen LogP contribution is 2.07. The normalized spacial score (nSPS) is 13.3. The smallest absolute Gasteiger partial charge is 0.235 e. The molecule has 0 aliphatic rings. The Hall–Kier alpha value is -0.893. The molecule has 0 bridgehead atoms. The second-order valence-corrected chi connectivity index (χ2v) is 5.68. The molecule has 1 aromatic rings. The first-order valence-corrected chi connectivity index (χ1v) is 7.25. The molecule has 0 radical (unpaired) electrons. The average Bonchev–Trinajstić information content (AvgIpc) is 2.20. The third-order valence-corrected chi connectivity index (χ3v) is 4.09. The minimum Gasteiger partial charge on any atom is -0.318 e. The van der Waals surface area contributed by atoms with E-state index >= 15 is 0 Å². The van der Waals surface area contributed by atoms with Gasteiger partial charge in [-0.1, -0.05) is 55.8 Å². The predicted octanol–water partition coefficient (Wildman–Crippen LogP) is 3.80. The fraction of sp³-hybridized carbons (Fsp3) is 0.333. The molecule has 1 aromatic carbocycles. The predicted molar refractivity (Wildman–Crippen MR) is 63.6 cm³/mol. The van der Waals surface area contributed by atoms with Gasteiger partial charge in [-0.15, -0.1) is 0 Å². The molecule has 1 rings (SSSR count). The lowest BCUT2D eigenvalue weighted by molar-refractivity contribution is 0.803. The summed E-state index contributed by atoms with van der Waals surface area (Å²) in [6.45, 7) is 2.04. The third-order valence-electron chi connectivity index (χ3n) is 2.10. The van der Waals surface area contributed by atoms with Crippen LogP contribution >= 0.6 is 0 Å². The van der Waals surface area contributed by atoms with E-state index in [1.807, 2.05) is 49.4 Å². The van der Waals surface area contributed by atoms with Crippen molar-refractivity contribution in [1.82, 2.24) is 0 Å². The quantitative estimate of drug-likeness (QED) is 0.510. The first-order chi connectivity index (χ1) is 6.83. The van der Waals surface area contributed by atoms with E-state index in [2.05, 4.69) is 0 Å². The monoisotopic (exact) mass is 208 g/mol. The van der Waals surface area contributed by atoms with E-state index in [4.69, 9.17) is 0 Å². The van der Waals surface area contributed by atoms with Gasteiger partial charge in [-0.2, -0.15) is 0 Å². The number of hydrogen-bond donors (Lipinski definition) is 0. The van der Waals surface area contributed by atoms with Crippen LogP contribution in [0, 0.1) is 0 Å². The summed E-state index contributed by atoms with van der Waals surface area (Å²) in [6, 6.07) is 11.5. The minimum atomic E-state index is -1.93. The van der Waals surface area contributed by atoms with Crippen LogP contribution in [0.25, 0.3) is 6.08 Å². The van der Waals surface area contributed by atoms with Gasteiger partial charge in [0.2, 0.25) is 9.13 Å². The van der Waals surface area contributed by atoms with Crippen molar-refractivity contribution >= 4 is 15.2 Å². The highest BCUT2D eigenvalue weighted by Gasteiger charge is 2.04. The standard InChI is InChI=1S/C12H17FSi/c1-2-10-14(13)11-6-9-12-7-4-3-5-8-12/h3-9,14H,2,10-11H2,1H3. The fourth-order valence-electron chi connectivity index (χ4n) is 1.35. The van der Waals surface area contributed by atoms with E-state index in [9.17, 15) is 4.11 Å². The summed E-state index contributed by atoms with van der Waals surface area (Å²) < 4.78 is 13.2. The molecule has 0 N–H and O–H groups in total. The molecule has 0 saturated carbocycles. The van der Waals surface area contributed by atoms with Crippen molar-refractivity contribution in [2.24, 2.45) is 0 Å². The fourth-order valence-corrected chi connectivity index (χ4v) is 2.64. The van der Waals surface area contributed by atoms with Gasteiger partial charge < -0.3 is 4.11 Å². The SMILES string of the molecule is CCC[SiH](F)CC=Cc1ccccc1. The molecular weight excluding hydrogens is 191 g/mol. The highest BCUT2D eigenvalue weighted by molar-refractivity contribution is 6.51. The van der Waals surface area contributed by atoms with E-state index in [1.165, 1.54) is 0 Å². The Morgan fingerprint density at radius 2 is 2.00 bits per heavy atom. The van der Waals surface area contributed by atoms with Crippen molar-refractivity contribution in [2.45, 2.75) is 25.4 Å². The number of hydrogen-bond acceptors (Lipinski definition) is 0. The second kappa shape index (κ2) is 6.54. The van der Waals surface area contributed by atoms with Crippen LogP contribution in [0.2, 0.25) is 12.1 Å². The third kappa shape index (κ3) is 4.37. The van der Waals surface area contributed by atoms with Crippen molar-refractivity contribution in [3.8, 4) is 0 Å². The Morgan fingerprint density at radius 1 is 1.29 bits per heavy atom. The molecule has 0 aliphatic carbocycles. The molecule has 14 heavy (non-hydrogen) atoms. The molecule has 2 heteroatoms. The molecule has 0 heterocycles. The maximum atomic E-state index is 13.2. The Kier molecular flexibility index (Phi) is 5.23. The van der Waals surface area contributed by atoms with Crippen molar-refractivity contribution in [2.75, 3.05) is 0 Å². The van der Waals surface area contributed by atoms with Crippen LogP contribution in [0.15, 0.2) is 36.4 Å². The van der Waals surface area contributed by atoms with E-state index in [-0.39, 0.29) is 0 Å². The summed E-state index contributed by atoms with van der Waals surface area (Å²) in [5.74, 6) is 0. The van der Waals surface area contributed by atoms with Crippen molar-refractivity contribution in [1.29, 1.82) is 0 Å². The molecular formula is C12H17FSi. The van der Waals surface area contributed by atoms with Gasteiger partial charge in [0.15, 0.2) is 0 Å². The highest BCUT2D eigenvalue weighted by atomic mass is 28.3. The van der Waals surface area contributed by atoms with E-state index in [0.29, 0.717) is 6.04 Å². The van der Waals surface area contributed by atoms with Gasteiger partial charge in [-0.05, 0) is 17.7 Å². The zero-order chi connectivity index (χ0) is 10.2. The van der Waals surface area contributed by atoms with Crippen LogP contribution in [0.3, 0.4) is 0 Å². The van der Waals surface area contributed by atoms with E-state index in [1.54, 1.807) is 0 Å². The number of halogens is 1. The summed E-state index contributed by atoms with van der Waals surface area (Å²) in [7, 11) is -1.93. The summed E-state index contributed by atoms with van der Waals surface area (Å²) in [4.78, 5) is 0.